The summed E-state index contributed by atoms with van der Waals surface area (Å²) in [4.78, 5) is 15.4. The van der Waals surface area contributed by atoms with Gasteiger partial charge in [-0.25, -0.2) is 0 Å². The molecule has 1 atom stereocenters. The fourth-order valence-corrected chi connectivity index (χ4v) is 2.70. The highest BCUT2D eigenvalue weighted by Crippen LogP contribution is 2.24. The summed E-state index contributed by atoms with van der Waals surface area (Å²) in [6, 6.07) is 9.48. The molecule has 0 spiro atoms. The minimum atomic E-state index is -0.809. The van der Waals surface area contributed by atoms with Crippen LogP contribution in [-0.2, 0) is 10.5 Å². The number of hydrogen-bond acceptors (Lipinski definition) is 5. The van der Waals surface area contributed by atoms with Gasteiger partial charge in [-0.1, -0.05) is 37.2 Å². The van der Waals surface area contributed by atoms with Crippen LogP contribution in [0.4, 0.5) is 0 Å². The van der Waals surface area contributed by atoms with Crippen LogP contribution in [0.25, 0.3) is 11.5 Å². The third-order valence-corrected chi connectivity index (χ3v) is 4.26. The van der Waals surface area contributed by atoms with Crippen molar-refractivity contribution < 1.29 is 14.4 Å². The second-order valence-electron chi connectivity index (χ2n) is 4.70. The van der Waals surface area contributed by atoms with Gasteiger partial charge in [0.1, 0.15) is 5.25 Å². The highest BCUT2D eigenvalue weighted by Gasteiger charge is 2.22. The number of carbonyl (C=O) groups is 1. The van der Waals surface area contributed by atoms with Gasteiger partial charge in [0.2, 0.25) is 0 Å². The normalized spacial score (nSPS) is 12.6. The molecule has 1 aromatic carbocycles. The molecule has 2 rings (SSSR count). The molecule has 0 aliphatic heterocycles. The Kier molecular flexibility index (Phi) is 4.79. The van der Waals surface area contributed by atoms with Gasteiger partial charge in [-0.3, -0.25) is 4.79 Å². The first-order chi connectivity index (χ1) is 9.58. The summed E-state index contributed by atoms with van der Waals surface area (Å²) in [6.45, 7) is 3.77. The SMILES string of the molecule is CC(C)C(SCc1noc(-c2ccccc2)n1)C(=O)O. The van der Waals surface area contributed by atoms with Crippen molar-refractivity contribution in [3.05, 3.63) is 36.2 Å². The minimum absolute atomic E-state index is 0.0537. The zero-order chi connectivity index (χ0) is 14.5. The molecule has 0 radical (unpaired) electrons. The third kappa shape index (κ3) is 3.60. The maximum atomic E-state index is 11.1. The molecule has 1 N–H and O–H groups in total. The lowest BCUT2D eigenvalue weighted by atomic mass is 10.1. The number of aliphatic carboxylic acids is 1. The van der Waals surface area contributed by atoms with Crippen LogP contribution < -0.4 is 0 Å². The third-order valence-electron chi connectivity index (χ3n) is 2.73. The van der Waals surface area contributed by atoms with E-state index in [9.17, 15) is 4.79 Å². The molecule has 0 bridgehead atoms. The van der Waals surface area contributed by atoms with Crippen molar-refractivity contribution >= 4 is 17.7 Å². The monoisotopic (exact) mass is 292 g/mol. The standard InChI is InChI=1S/C14H16N2O3S/c1-9(2)12(14(17)18)20-8-11-15-13(19-16-11)10-6-4-3-5-7-10/h3-7,9,12H,8H2,1-2H3,(H,17,18). The Labute approximate surface area is 121 Å². The minimum Gasteiger partial charge on any atom is -0.480 e. The second kappa shape index (κ2) is 6.56. The first-order valence-electron chi connectivity index (χ1n) is 6.30. The van der Waals surface area contributed by atoms with Crippen LogP contribution in [0.15, 0.2) is 34.9 Å². The van der Waals surface area contributed by atoms with Crippen molar-refractivity contribution in [3.8, 4) is 11.5 Å². The highest BCUT2D eigenvalue weighted by molar-refractivity contribution is 7.99. The Balaban J connectivity index is 2.02. The fourth-order valence-electron chi connectivity index (χ4n) is 1.72. The molecule has 106 valence electrons. The molecular weight excluding hydrogens is 276 g/mol. The maximum Gasteiger partial charge on any atom is 0.316 e. The lowest BCUT2D eigenvalue weighted by Crippen LogP contribution is -2.22. The van der Waals surface area contributed by atoms with Crippen molar-refractivity contribution in [1.29, 1.82) is 0 Å². The van der Waals surface area contributed by atoms with Crippen LogP contribution in [0.3, 0.4) is 0 Å². The van der Waals surface area contributed by atoms with Gasteiger partial charge in [-0.15, -0.1) is 11.8 Å². The van der Waals surface area contributed by atoms with E-state index in [1.807, 2.05) is 44.2 Å². The molecule has 5 nitrogen and oxygen atoms in total. The number of rotatable bonds is 6. The zero-order valence-corrected chi connectivity index (χ0v) is 12.1. The molecule has 2 aromatic rings. The Hall–Kier alpha value is -1.82. The van der Waals surface area contributed by atoms with Crippen LogP contribution >= 0.6 is 11.8 Å². The van der Waals surface area contributed by atoms with E-state index < -0.39 is 11.2 Å². The molecule has 1 aromatic heterocycles. The molecule has 0 amide bonds. The summed E-state index contributed by atoms with van der Waals surface area (Å²) < 4.78 is 5.18. The lowest BCUT2D eigenvalue weighted by molar-refractivity contribution is -0.137. The Morgan fingerprint density at radius 3 is 2.65 bits per heavy atom. The van der Waals surface area contributed by atoms with Crippen LogP contribution in [0, 0.1) is 5.92 Å². The van der Waals surface area contributed by atoms with Crippen LogP contribution in [0.2, 0.25) is 0 Å². The van der Waals surface area contributed by atoms with Crippen LogP contribution in [-0.4, -0.2) is 26.5 Å². The van der Waals surface area contributed by atoms with E-state index in [1.54, 1.807) is 0 Å². The molecule has 0 aliphatic rings. The largest absolute Gasteiger partial charge is 0.480 e. The van der Waals surface area contributed by atoms with Gasteiger partial charge in [-0.05, 0) is 18.1 Å². The number of carboxylic acid groups (broad SMARTS) is 1. The average molecular weight is 292 g/mol. The second-order valence-corrected chi connectivity index (χ2v) is 5.83. The molecule has 6 heteroatoms. The number of benzene rings is 1. The summed E-state index contributed by atoms with van der Waals surface area (Å²) in [5, 5.41) is 12.5. The number of aromatic nitrogens is 2. The number of hydrogen-bond donors (Lipinski definition) is 1. The molecule has 0 saturated carbocycles. The smallest absolute Gasteiger partial charge is 0.316 e. The lowest BCUT2D eigenvalue weighted by Gasteiger charge is -2.14. The van der Waals surface area contributed by atoms with E-state index in [1.165, 1.54) is 11.8 Å². The van der Waals surface area contributed by atoms with Gasteiger partial charge in [-0.2, -0.15) is 4.98 Å². The van der Waals surface area contributed by atoms with Gasteiger partial charge < -0.3 is 9.63 Å². The van der Waals surface area contributed by atoms with Gasteiger partial charge in [0.05, 0.1) is 5.75 Å². The molecule has 0 fully saturated rings. The van der Waals surface area contributed by atoms with Crippen molar-refractivity contribution in [2.24, 2.45) is 5.92 Å². The fraction of sp³-hybridized carbons (Fsp3) is 0.357. The van der Waals surface area contributed by atoms with E-state index in [4.69, 9.17) is 9.63 Å². The van der Waals surface area contributed by atoms with Crippen molar-refractivity contribution in [3.63, 3.8) is 0 Å². The topological polar surface area (TPSA) is 76.2 Å². The number of thioether (sulfide) groups is 1. The van der Waals surface area contributed by atoms with Gasteiger partial charge >= 0.3 is 5.97 Å². The predicted molar refractivity (Wildman–Crippen MR) is 77.3 cm³/mol. The van der Waals surface area contributed by atoms with E-state index in [0.717, 1.165) is 5.56 Å². The van der Waals surface area contributed by atoms with Crippen molar-refractivity contribution in [2.75, 3.05) is 0 Å². The van der Waals surface area contributed by atoms with Gasteiger partial charge in [0.15, 0.2) is 5.82 Å². The summed E-state index contributed by atoms with van der Waals surface area (Å²) in [5.41, 5.74) is 0.856. The van der Waals surface area contributed by atoms with Crippen molar-refractivity contribution in [2.45, 2.75) is 24.9 Å². The molecule has 20 heavy (non-hydrogen) atoms. The quantitative estimate of drug-likeness (QED) is 0.881. The predicted octanol–water partition coefficient (Wildman–Crippen LogP) is 3.08. The molecule has 0 aliphatic carbocycles. The van der Waals surface area contributed by atoms with Gasteiger partial charge in [0, 0.05) is 5.56 Å². The average Bonchev–Trinajstić information content (AvgIpc) is 2.88. The summed E-state index contributed by atoms with van der Waals surface area (Å²) in [6.07, 6.45) is 0. The number of nitrogens with zero attached hydrogens (tertiary/aromatic N) is 2. The Bertz CT molecular complexity index is 569. The first kappa shape index (κ1) is 14.6. The summed E-state index contributed by atoms with van der Waals surface area (Å²) >= 11 is 1.31. The van der Waals surface area contributed by atoms with E-state index in [0.29, 0.717) is 17.5 Å². The zero-order valence-electron chi connectivity index (χ0n) is 11.3. The maximum absolute atomic E-state index is 11.1. The molecule has 1 unspecified atom stereocenters. The van der Waals surface area contributed by atoms with Gasteiger partial charge in [0.25, 0.3) is 5.89 Å². The summed E-state index contributed by atoms with van der Waals surface area (Å²) in [5.74, 6) is 0.638. The Morgan fingerprint density at radius 2 is 2.05 bits per heavy atom. The van der Waals surface area contributed by atoms with E-state index in [-0.39, 0.29) is 5.92 Å². The highest BCUT2D eigenvalue weighted by atomic mass is 32.2. The number of carboxylic acids is 1. The van der Waals surface area contributed by atoms with Crippen LogP contribution in [0.5, 0.6) is 0 Å². The van der Waals surface area contributed by atoms with Crippen LogP contribution in [0.1, 0.15) is 19.7 Å². The molecule has 1 heterocycles. The van der Waals surface area contributed by atoms with E-state index in [2.05, 4.69) is 10.1 Å². The first-order valence-corrected chi connectivity index (χ1v) is 7.35. The van der Waals surface area contributed by atoms with Crippen molar-refractivity contribution in [1.82, 2.24) is 10.1 Å². The molecular formula is C14H16N2O3S. The summed E-state index contributed by atoms with van der Waals surface area (Å²) in [7, 11) is 0. The van der Waals surface area contributed by atoms with E-state index >= 15 is 0 Å². The Morgan fingerprint density at radius 1 is 1.35 bits per heavy atom. The molecule has 0 saturated heterocycles.